The molecule has 8 nitrogen and oxygen atoms in total. The summed E-state index contributed by atoms with van der Waals surface area (Å²) in [6.07, 6.45) is 2.64. The number of aliphatic imine (C=N–C) groups is 1. The number of nitrogens with zero attached hydrogens (tertiary/aromatic N) is 6. The summed E-state index contributed by atoms with van der Waals surface area (Å²) < 4.78 is 2.05. The molecule has 0 bridgehead atoms. The van der Waals surface area contributed by atoms with Crippen molar-refractivity contribution in [3.8, 4) is 0 Å². The third kappa shape index (κ3) is 4.92. The van der Waals surface area contributed by atoms with Crippen molar-refractivity contribution in [3.05, 3.63) is 23.2 Å². The Bertz CT molecular complexity index is 630. The van der Waals surface area contributed by atoms with Crippen molar-refractivity contribution in [2.75, 3.05) is 32.6 Å². The van der Waals surface area contributed by atoms with E-state index in [1.54, 1.807) is 24.7 Å². The number of aryl methyl sites for hydroxylation is 1. The van der Waals surface area contributed by atoms with E-state index in [1.807, 2.05) is 23.6 Å². The minimum atomic E-state index is 0.650. The Morgan fingerprint density at radius 3 is 2.87 bits per heavy atom. The molecule has 0 aromatic carbocycles. The van der Waals surface area contributed by atoms with E-state index in [9.17, 15) is 0 Å². The van der Waals surface area contributed by atoms with Crippen molar-refractivity contribution < 1.29 is 0 Å². The van der Waals surface area contributed by atoms with Crippen molar-refractivity contribution in [2.45, 2.75) is 26.4 Å². The molecule has 9 heteroatoms. The fourth-order valence-electron chi connectivity index (χ4n) is 2.01. The minimum Gasteiger partial charge on any atom is -0.355 e. The van der Waals surface area contributed by atoms with Crippen LogP contribution in [-0.2, 0) is 19.5 Å². The number of nitrogens with one attached hydrogen (secondary N) is 2. The van der Waals surface area contributed by atoms with Gasteiger partial charge in [0.15, 0.2) is 11.1 Å². The van der Waals surface area contributed by atoms with Gasteiger partial charge >= 0.3 is 0 Å². The molecule has 0 aliphatic carbocycles. The topological polar surface area (TPSA) is 83.3 Å². The quantitative estimate of drug-likeness (QED) is 0.573. The molecule has 0 fully saturated rings. The molecule has 2 rings (SSSR count). The zero-order valence-electron chi connectivity index (χ0n) is 14.1. The van der Waals surface area contributed by atoms with E-state index in [0.717, 1.165) is 42.1 Å². The van der Waals surface area contributed by atoms with E-state index >= 15 is 0 Å². The van der Waals surface area contributed by atoms with Gasteiger partial charge in [-0.15, -0.1) is 21.5 Å². The Hall–Kier alpha value is -2.16. The average Bonchev–Trinajstić information content (AvgIpc) is 3.19. The third-order valence-corrected chi connectivity index (χ3v) is 4.30. The lowest BCUT2D eigenvalue weighted by Crippen LogP contribution is -2.38. The highest BCUT2D eigenvalue weighted by molar-refractivity contribution is 7.13. The predicted molar refractivity (Wildman–Crippen MR) is 94.0 cm³/mol. The SMILES string of the molecule is CCc1nncn1CCNC(=NC)NCc1csc(N(C)C)n1. The van der Waals surface area contributed by atoms with Gasteiger partial charge in [-0.3, -0.25) is 4.99 Å². The average molecular weight is 336 g/mol. The smallest absolute Gasteiger partial charge is 0.191 e. The third-order valence-electron chi connectivity index (χ3n) is 3.24. The van der Waals surface area contributed by atoms with E-state index in [1.165, 1.54) is 0 Å². The summed E-state index contributed by atoms with van der Waals surface area (Å²) >= 11 is 1.63. The fourth-order valence-corrected chi connectivity index (χ4v) is 2.77. The lowest BCUT2D eigenvalue weighted by molar-refractivity contribution is 0.632. The molecule has 23 heavy (non-hydrogen) atoms. The molecule has 0 aliphatic heterocycles. The maximum Gasteiger partial charge on any atom is 0.191 e. The Kier molecular flexibility index (Phi) is 6.33. The highest BCUT2D eigenvalue weighted by Crippen LogP contribution is 2.17. The monoisotopic (exact) mass is 336 g/mol. The molecule has 2 aromatic rings. The first kappa shape index (κ1) is 17.2. The van der Waals surface area contributed by atoms with Gasteiger partial charge in [0.05, 0.1) is 12.2 Å². The van der Waals surface area contributed by atoms with E-state index in [-0.39, 0.29) is 0 Å². The van der Waals surface area contributed by atoms with Gasteiger partial charge < -0.3 is 20.1 Å². The zero-order chi connectivity index (χ0) is 16.7. The molecule has 2 aromatic heterocycles. The molecule has 0 amide bonds. The Balaban J connectivity index is 1.77. The fraction of sp³-hybridized carbons (Fsp3) is 0.571. The predicted octanol–water partition coefficient (Wildman–Crippen LogP) is 0.728. The van der Waals surface area contributed by atoms with Gasteiger partial charge in [0.1, 0.15) is 12.2 Å². The van der Waals surface area contributed by atoms with Crippen molar-refractivity contribution in [1.82, 2.24) is 30.4 Å². The number of hydrogen-bond donors (Lipinski definition) is 2. The second kappa shape index (κ2) is 8.47. The summed E-state index contributed by atoms with van der Waals surface area (Å²) in [4.78, 5) is 10.8. The van der Waals surface area contributed by atoms with Crippen LogP contribution in [0.2, 0.25) is 0 Å². The van der Waals surface area contributed by atoms with Crippen LogP contribution in [-0.4, -0.2) is 53.4 Å². The minimum absolute atomic E-state index is 0.650. The normalized spacial score (nSPS) is 11.6. The number of rotatable bonds is 7. The summed E-state index contributed by atoms with van der Waals surface area (Å²) in [5.41, 5.74) is 1.01. The summed E-state index contributed by atoms with van der Waals surface area (Å²) in [5, 5.41) is 17.6. The number of anilines is 1. The molecule has 2 heterocycles. The van der Waals surface area contributed by atoms with Gasteiger partial charge in [0, 0.05) is 46.0 Å². The second-order valence-electron chi connectivity index (χ2n) is 5.16. The van der Waals surface area contributed by atoms with Crippen LogP contribution in [0.1, 0.15) is 18.4 Å². The van der Waals surface area contributed by atoms with Crippen molar-refractivity contribution in [3.63, 3.8) is 0 Å². The molecule has 0 aliphatic rings. The summed E-state index contributed by atoms with van der Waals surface area (Å²) in [6, 6.07) is 0. The van der Waals surface area contributed by atoms with Crippen molar-refractivity contribution in [2.24, 2.45) is 4.99 Å². The van der Waals surface area contributed by atoms with Gasteiger partial charge in [0.2, 0.25) is 0 Å². The van der Waals surface area contributed by atoms with Crippen LogP contribution in [0, 0.1) is 0 Å². The molecule has 0 saturated carbocycles. The second-order valence-corrected chi connectivity index (χ2v) is 6.00. The maximum atomic E-state index is 4.54. The number of thiazole rings is 1. The van der Waals surface area contributed by atoms with Crippen LogP contribution in [0.5, 0.6) is 0 Å². The Morgan fingerprint density at radius 2 is 2.22 bits per heavy atom. The summed E-state index contributed by atoms with van der Waals surface area (Å²) in [7, 11) is 5.75. The first-order valence-electron chi connectivity index (χ1n) is 7.57. The van der Waals surface area contributed by atoms with Crippen LogP contribution >= 0.6 is 11.3 Å². The Labute approximate surface area is 140 Å². The van der Waals surface area contributed by atoms with E-state index in [4.69, 9.17) is 0 Å². The highest BCUT2D eigenvalue weighted by atomic mass is 32.1. The van der Waals surface area contributed by atoms with Gasteiger partial charge in [-0.1, -0.05) is 6.92 Å². The number of aromatic nitrogens is 4. The van der Waals surface area contributed by atoms with E-state index < -0.39 is 0 Å². The molecule has 0 spiro atoms. The molecule has 0 saturated heterocycles. The van der Waals surface area contributed by atoms with E-state index in [0.29, 0.717) is 6.54 Å². The lowest BCUT2D eigenvalue weighted by Gasteiger charge is -2.12. The summed E-state index contributed by atoms with van der Waals surface area (Å²) in [5.74, 6) is 1.75. The molecule has 0 atom stereocenters. The van der Waals surface area contributed by atoms with Crippen LogP contribution in [0.4, 0.5) is 5.13 Å². The van der Waals surface area contributed by atoms with E-state index in [2.05, 4.69) is 43.1 Å². The first-order valence-corrected chi connectivity index (χ1v) is 8.45. The van der Waals surface area contributed by atoms with Crippen molar-refractivity contribution >= 4 is 22.4 Å². The zero-order valence-corrected chi connectivity index (χ0v) is 14.9. The molecule has 126 valence electrons. The van der Waals surface area contributed by atoms with Crippen LogP contribution in [0.3, 0.4) is 0 Å². The molecule has 2 N–H and O–H groups in total. The van der Waals surface area contributed by atoms with Gasteiger partial charge in [-0.05, 0) is 0 Å². The van der Waals surface area contributed by atoms with Crippen LogP contribution < -0.4 is 15.5 Å². The summed E-state index contributed by atoms with van der Waals surface area (Å²) in [6.45, 7) is 4.28. The number of hydrogen-bond acceptors (Lipinski definition) is 6. The van der Waals surface area contributed by atoms with Crippen LogP contribution in [0.25, 0.3) is 0 Å². The Morgan fingerprint density at radius 1 is 1.39 bits per heavy atom. The highest BCUT2D eigenvalue weighted by Gasteiger charge is 2.05. The van der Waals surface area contributed by atoms with Gasteiger partial charge in [-0.25, -0.2) is 4.98 Å². The molecular formula is C14H24N8S. The molecule has 0 unspecified atom stereocenters. The number of guanidine groups is 1. The van der Waals surface area contributed by atoms with Gasteiger partial charge in [-0.2, -0.15) is 0 Å². The standard InChI is InChI=1S/C14H24N8S/c1-5-12-20-18-10-22(12)7-6-16-13(15-2)17-8-11-9-23-14(19-11)21(3)4/h9-10H,5-8H2,1-4H3,(H2,15,16,17). The molecule has 0 radical (unpaired) electrons. The molecular weight excluding hydrogens is 312 g/mol. The van der Waals surface area contributed by atoms with Crippen LogP contribution in [0.15, 0.2) is 16.7 Å². The largest absolute Gasteiger partial charge is 0.355 e. The lowest BCUT2D eigenvalue weighted by atomic mass is 10.4. The first-order chi connectivity index (χ1) is 11.1. The maximum absolute atomic E-state index is 4.54. The van der Waals surface area contributed by atoms with Crippen molar-refractivity contribution in [1.29, 1.82) is 0 Å². The van der Waals surface area contributed by atoms with Gasteiger partial charge in [0.25, 0.3) is 0 Å².